The number of anilines is 2. The molecule has 23 nitrogen and oxygen atoms in total. The topological polar surface area (TPSA) is 337 Å². The maximum atomic E-state index is 13.7. The van der Waals surface area contributed by atoms with Crippen molar-refractivity contribution in [3.8, 4) is 57.0 Å². The molecule has 18 aromatic rings. The standard InChI is InChI=1S/C53H36N8O4S.C51H36N6O5S.2CH4/c1-29(2)40-27-36-23-32-9-3-5-11-34(32)25-41(36)46(48(40)62)58-56-38-19-15-30(16-20-38)51-60-61-52(65-51)31-17-21-39(22-18-31)57-59-47-42-26-35-12-6-4-10-33(35)24-37(42)28-43(49(47)63)50(64)55-53-54-44-13-7-8-14-45(44)66-53;1-27(2)36-25-38-42(33-10-4-6-12-35(33)46(38)58)44(48(36)60)56-54-30-21-17-28(18-22-30)15-16-29-19-23-31(24-20-29)55-57-45-43-37(32-9-3-5-11-34(32)47(43)59)26-39(49(45)61)50(62)53-51-52-40-13-7-8-14-41(40)63-51;;/h3-29,62-63H,1-2H3,(H,54,55,64);3-27,32,34,60-61H,1-2H3,(H,52,53,62);2*1H4. The lowest BCUT2D eigenvalue weighted by Crippen LogP contribution is -2.13. The number of ketones is 2. The van der Waals surface area contributed by atoms with Crippen LogP contribution in [-0.2, 0) is 0 Å². The van der Waals surface area contributed by atoms with Gasteiger partial charge in [-0.05, 0) is 223 Å². The van der Waals surface area contributed by atoms with Crippen molar-refractivity contribution in [1.82, 2.24) is 20.2 Å². The molecule has 0 radical (unpaired) electrons. The Morgan fingerprint density at radius 3 is 1.29 bits per heavy atom. The predicted octanol–water partition coefficient (Wildman–Crippen LogP) is 29.8. The van der Waals surface area contributed by atoms with Crippen molar-refractivity contribution in [1.29, 1.82) is 0 Å². The summed E-state index contributed by atoms with van der Waals surface area (Å²) in [6.45, 7) is 8.00. The number of thiazole rings is 2. The van der Waals surface area contributed by atoms with Gasteiger partial charge < -0.3 is 24.8 Å². The number of amides is 2. The number of hydrogen-bond acceptors (Lipinski definition) is 23. The van der Waals surface area contributed by atoms with Crippen LogP contribution in [-0.4, -0.2) is 64.0 Å². The minimum Gasteiger partial charge on any atom is -0.505 e. The zero-order valence-corrected chi connectivity index (χ0v) is 70.8. The van der Waals surface area contributed by atoms with Crippen LogP contribution in [0.2, 0.25) is 0 Å². The van der Waals surface area contributed by atoms with Crippen molar-refractivity contribution >= 4 is 177 Å². The highest BCUT2D eigenvalue weighted by Crippen LogP contribution is 2.53. The Labute approximate surface area is 758 Å². The summed E-state index contributed by atoms with van der Waals surface area (Å²) in [6.07, 6.45) is 11.3. The third-order valence-electron chi connectivity index (χ3n) is 23.0. The SMILES string of the molecule is C.C.CC(C)c1cc2c(c(N=Nc3ccc(C=Cc4ccc(N=Nc5c(O)c(C(=O)Nc6nc7ccccc7s6)cc6c5C(=O)C5C=CC=CC65)cc4)cc3)c1O)-c1ccccc1C2=O.CC(C)c1cc2cc3ccccc3cc2c(N=Nc2ccc(-c3nnc(-c4ccc(N=Nc5c(O)c(C(=O)Nc6nc7ccccc7s6)cc6cc7ccccc7cc56)cc4)o3)cc2)c1O. The van der Waals surface area contributed by atoms with Gasteiger partial charge in [-0.15, -0.1) is 30.7 Å². The van der Waals surface area contributed by atoms with Gasteiger partial charge in [0.25, 0.3) is 11.8 Å². The first-order valence-electron chi connectivity index (χ1n) is 41.5. The van der Waals surface area contributed by atoms with Gasteiger partial charge in [-0.2, -0.15) is 20.5 Å². The Kier molecular flexibility index (Phi) is 23.2. The normalized spacial score (nSPS) is 13.8. The highest BCUT2D eigenvalue weighted by atomic mass is 32.1. The third-order valence-corrected chi connectivity index (χ3v) is 24.9. The maximum absolute atomic E-state index is 13.7. The Hall–Kier alpha value is -16.6. The summed E-state index contributed by atoms with van der Waals surface area (Å²) in [4.78, 5) is 63.4. The molecule has 21 rings (SSSR count). The average Bonchev–Trinajstić information content (AvgIpc) is 1.59. The van der Waals surface area contributed by atoms with E-state index in [4.69, 9.17) is 4.42 Å². The number of nitrogens with one attached hydrogen (secondary N) is 2. The fourth-order valence-corrected chi connectivity index (χ4v) is 18.1. The van der Waals surface area contributed by atoms with Crippen LogP contribution in [0.1, 0.15) is 135 Å². The van der Waals surface area contributed by atoms with Crippen LogP contribution in [0.5, 0.6) is 23.0 Å². The first-order valence-corrected chi connectivity index (χ1v) is 43.1. The number of hydrogen-bond donors (Lipinski definition) is 6. The van der Waals surface area contributed by atoms with Crippen LogP contribution in [0.4, 0.5) is 55.8 Å². The molecule has 640 valence electrons. The van der Waals surface area contributed by atoms with Crippen LogP contribution in [0.25, 0.3) is 110 Å². The van der Waals surface area contributed by atoms with Gasteiger partial charge in [0.05, 0.1) is 65.8 Å². The minimum atomic E-state index is -0.576. The molecule has 3 aliphatic carbocycles. The van der Waals surface area contributed by atoms with Crippen LogP contribution < -0.4 is 10.6 Å². The van der Waals surface area contributed by atoms with Gasteiger partial charge in [0.2, 0.25) is 11.8 Å². The molecule has 3 aliphatic rings. The van der Waals surface area contributed by atoms with E-state index in [9.17, 15) is 39.6 Å². The van der Waals surface area contributed by atoms with E-state index in [-0.39, 0.29) is 95.2 Å². The van der Waals surface area contributed by atoms with Crippen molar-refractivity contribution < 1.29 is 44.0 Å². The van der Waals surface area contributed by atoms with E-state index in [1.807, 2.05) is 246 Å². The van der Waals surface area contributed by atoms with Crippen LogP contribution in [0, 0.1) is 5.92 Å². The third kappa shape index (κ3) is 16.6. The van der Waals surface area contributed by atoms with Gasteiger partial charge in [0.15, 0.2) is 33.3 Å². The number of para-hydroxylation sites is 2. The number of azo groups is 4. The van der Waals surface area contributed by atoms with E-state index in [1.54, 1.807) is 72.8 Å². The van der Waals surface area contributed by atoms with Crippen LogP contribution >= 0.6 is 22.7 Å². The van der Waals surface area contributed by atoms with E-state index < -0.39 is 23.5 Å². The van der Waals surface area contributed by atoms with E-state index >= 15 is 0 Å². The summed E-state index contributed by atoms with van der Waals surface area (Å²) in [5.41, 5.74) is 12.3. The molecule has 0 spiro atoms. The molecule has 0 bridgehead atoms. The molecule has 0 fully saturated rings. The number of phenolic OH excluding ortho intramolecular Hbond substituents is 4. The molecular formula is C106H80N14O9S2. The molecular weight excluding hydrogens is 1680 g/mol. The highest BCUT2D eigenvalue weighted by Gasteiger charge is 2.42. The van der Waals surface area contributed by atoms with Crippen LogP contribution in [0.15, 0.2) is 337 Å². The van der Waals surface area contributed by atoms with E-state index in [1.165, 1.54) is 22.7 Å². The molecule has 2 unspecified atom stereocenters. The Balaban J connectivity index is 0.000000174. The largest absolute Gasteiger partial charge is 0.505 e. The zero-order valence-electron chi connectivity index (χ0n) is 69.2. The summed E-state index contributed by atoms with van der Waals surface area (Å²) in [6, 6.07) is 82.7. The summed E-state index contributed by atoms with van der Waals surface area (Å²) in [5.74, 6) is -2.07. The number of nitrogens with zero attached hydrogens (tertiary/aromatic N) is 12. The maximum Gasteiger partial charge on any atom is 0.261 e. The molecule has 0 saturated heterocycles. The summed E-state index contributed by atoms with van der Waals surface area (Å²) < 4.78 is 7.93. The molecule has 2 atom stereocenters. The second-order valence-electron chi connectivity index (χ2n) is 31.9. The quantitative estimate of drug-likeness (QED) is 0.0265. The van der Waals surface area contributed by atoms with Gasteiger partial charge in [0, 0.05) is 44.5 Å². The Morgan fingerprint density at radius 1 is 0.397 bits per heavy atom. The number of Topliss-reactive ketones (excluding diaryl/α,β-unsaturated/α-hetero) is 1. The first kappa shape index (κ1) is 85.2. The van der Waals surface area contributed by atoms with Gasteiger partial charge in [-0.3, -0.25) is 29.8 Å². The lowest BCUT2D eigenvalue weighted by atomic mass is 9.88. The number of benzene rings is 15. The van der Waals surface area contributed by atoms with Gasteiger partial charge in [-0.25, -0.2) is 9.97 Å². The zero-order chi connectivity index (χ0) is 88.2. The van der Waals surface area contributed by atoms with Crippen molar-refractivity contribution in [3.63, 3.8) is 0 Å². The number of rotatable bonds is 18. The second-order valence-corrected chi connectivity index (χ2v) is 33.9. The Bertz CT molecular complexity index is 7840. The van der Waals surface area contributed by atoms with Crippen molar-refractivity contribution in [2.24, 2.45) is 46.8 Å². The number of carbonyl (C=O) groups is 4. The summed E-state index contributed by atoms with van der Waals surface area (Å²) >= 11 is 2.67. The lowest BCUT2D eigenvalue weighted by Gasteiger charge is -2.15. The summed E-state index contributed by atoms with van der Waals surface area (Å²) in [7, 11) is 0. The number of fused-ring (bicyclic) bond motifs is 12. The van der Waals surface area contributed by atoms with Gasteiger partial charge in [-0.1, -0.05) is 223 Å². The molecule has 0 aliphatic heterocycles. The monoisotopic (exact) mass is 1760 g/mol. The molecule has 15 aromatic carbocycles. The molecule has 3 heterocycles. The smallest absolute Gasteiger partial charge is 0.261 e. The second kappa shape index (κ2) is 35.7. The number of aromatic nitrogens is 4. The van der Waals surface area contributed by atoms with Crippen LogP contribution in [0.3, 0.4) is 0 Å². The van der Waals surface area contributed by atoms with Crippen molar-refractivity contribution in [2.75, 3.05) is 10.6 Å². The van der Waals surface area contributed by atoms with Gasteiger partial charge in [0.1, 0.15) is 34.2 Å². The molecule has 131 heavy (non-hydrogen) atoms. The number of phenols is 4. The predicted molar refractivity (Wildman–Crippen MR) is 521 cm³/mol. The fourth-order valence-electron chi connectivity index (χ4n) is 16.4. The van der Waals surface area contributed by atoms with E-state index in [0.717, 1.165) is 75.0 Å². The van der Waals surface area contributed by atoms with E-state index in [2.05, 4.69) is 83.8 Å². The molecule has 3 aromatic heterocycles. The first-order chi connectivity index (χ1) is 62.8. The lowest BCUT2D eigenvalue weighted by molar-refractivity contribution is 0.0952. The molecule has 2 amide bonds. The highest BCUT2D eigenvalue weighted by molar-refractivity contribution is 7.22. The van der Waals surface area contributed by atoms with E-state index in [0.29, 0.717) is 100 Å². The number of aromatic hydroxyl groups is 4. The molecule has 0 saturated carbocycles. The summed E-state index contributed by atoms with van der Waals surface area (Å²) in [5, 5.41) is 104. The van der Waals surface area contributed by atoms with Crippen molar-refractivity contribution in [3.05, 3.63) is 347 Å². The molecule has 6 N–H and O–H groups in total. The Morgan fingerprint density at radius 2 is 0.794 bits per heavy atom. The molecule has 25 heteroatoms. The number of allylic oxidation sites excluding steroid dienone is 4. The fraction of sp³-hybridized carbons (Fsp3) is 0.0943. The van der Waals surface area contributed by atoms with Crippen molar-refractivity contribution in [2.45, 2.75) is 60.3 Å². The van der Waals surface area contributed by atoms with Gasteiger partial charge >= 0.3 is 0 Å². The average molecular weight is 1760 g/mol. The minimum absolute atomic E-state index is 0. The number of carbonyl (C=O) groups excluding carboxylic acids is 4.